The van der Waals surface area contributed by atoms with E-state index in [2.05, 4.69) is 27.3 Å². The molecule has 0 bridgehead atoms. The van der Waals surface area contributed by atoms with E-state index in [1.165, 1.54) is 12.1 Å². The molecular formula is C30H32FN5O2. The zero-order valence-corrected chi connectivity index (χ0v) is 21.7. The molecular weight excluding hydrogens is 481 g/mol. The van der Waals surface area contributed by atoms with Crippen LogP contribution >= 0.6 is 0 Å². The third-order valence-electron chi connectivity index (χ3n) is 6.83. The van der Waals surface area contributed by atoms with Gasteiger partial charge in [-0.1, -0.05) is 53.2 Å². The van der Waals surface area contributed by atoms with Crippen LogP contribution in [0.3, 0.4) is 0 Å². The molecule has 1 aliphatic rings. The van der Waals surface area contributed by atoms with Gasteiger partial charge in [0.05, 0.1) is 12.1 Å². The smallest absolute Gasteiger partial charge is 0.322 e. The number of nitrogens with one attached hydrogen (secondary N) is 1. The Labute approximate surface area is 222 Å². The lowest BCUT2D eigenvalue weighted by Crippen LogP contribution is -2.45. The van der Waals surface area contributed by atoms with Crippen molar-refractivity contribution < 1.29 is 13.7 Å². The Kier molecular flexibility index (Phi) is 7.70. The zero-order valence-electron chi connectivity index (χ0n) is 21.7. The summed E-state index contributed by atoms with van der Waals surface area (Å²) in [6, 6.07) is 23.6. The van der Waals surface area contributed by atoms with Gasteiger partial charge in [-0.15, -0.1) is 0 Å². The molecule has 0 radical (unpaired) electrons. The number of rotatable bonds is 7. The number of nitrogens with zero attached hydrogens (tertiary/aromatic N) is 4. The topological polar surface area (TPSA) is 64.9 Å². The highest BCUT2D eigenvalue weighted by Crippen LogP contribution is 2.33. The van der Waals surface area contributed by atoms with Gasteiger partial charge < -0.3 is 24.5 Å². The molecule has 2 amide bonds. The predicted molar refractivity (Wildman–Crippen MR) is 147 cm³/mol. The molecule has 5 rings (SSSR count). The summed E-state index contributed by atoms with van der Waals surface area (Å²) in [6.45, 7) is 6.04. The van der Waals surface area contributed by atoms with Crippen LogP contribution in [0.5, 0.6) is 0 Å². The summed E-state index contributed by atoms with van der Waals surface area (Å²) >= 11 is 0. The second-order valence-corrected chi connectivity index (χ2v) is 9.75. The highest BCUT2D eigenvalue weighted by molar-refractivity contribution is 5.89. The number of anilines is 2. The summed E-state index contributed by atoms with van der Waals surface area (Å²) in [6.07, 6.45) is 0. The van der Waals surface area contributed by atoms with Crippen LogP contribution in [-0.2, 0) is 13.1 Å². The van der Waals surface area contributed by atoms with Crippen molar-refractivity contribution in [2.75, 3.05) is 43.4 Å². The molecule has 1 fully saturated rings. The highest BCUT2D eigenvalue weighted by Gasteiger charge is 2.28. The van der Waals surface area contributed by atoms with Crippen LogP contribution in [0.25, 0.3) is 11.3 Å². The quantitative estimate of drug-likeness (QED) is 0.340. The lowest BCUT2D eigenvalue weighted by atomic mass is 10.1. The second-order valence-electron chi connectivity index (χ2n) is 9.75. The summed E-state index contributed by atoms with van der Waals surface area (Å²) < 4.78 is 19.6. The normalized spacial score (nSPS) is 13.9. The maximum Gasteiger partial charge on any atom is 0.322 e. The van der Waals surface area contributed by atoms with Gasteiger partial charge in [0.2, 0.25) is 5.88 Å². The minimum atomic E-state index is -0.318. The van der Waals surface area contributed by atoms with Crippen molar-refractivity contribution in [1.82, 2.24) is 15.0 Å². The molecule has 1 aromatic heterocycles. The molecule has 4 aromatic rings. The van der Waals surface area contributed by atoms with Crippen LogP contribution in [0.15, 0.2) is 83.4 Å². The van der Waals surface area contributed by atoms with Crippen LogP contribution in [-0.4, -0.2) is 54.2 Å². The van der Waals surface area contributed by atoms with Gasteiger partial charge in [-0.25, -0.2) is 9.18 Å². The van der Waals surface area contributed by atoms with Gasteiger partial charge >= 0.3 is 6.03 Å². The molecule has 38 heavy (non-hydrogen) atoms. The van der Waals surface area contributed by atoms with E-state index in [4.69, 9.17) is 4.52 Å². The number of hydrogen-bond acceptors (Lipinski definition) is 5. The van der Waals surface area contributed by atoms with E-state index in [1.54, 1.807) is 17.0 Å². The number of halogens is 1. The van der Waals surface area contributed by atoms with Crippen molar-refractivity contribution in [3.05, 3.63) is 101 Å². The van der Waals surface area contributed by atoms with Gasteiger partial charge in [0.15, 0.2) is 0 Å². The molecule has 0 saturated carbocycles. The standard InChI is InChI=1S/C30H32FN5O2/c1-22-8-14-26(15-9-22)32-30(37)36(20-23-6-4-3-5-7-23)21-27-28(24-10-12-25(31)13-11-24)33-38-29(27)35-18-16-34(2)17-19-35/h3-15H,16-21H2,1-2H3,(H,32,37). The first kappa shape index (κ1) is 25.5. The number of carbonyl (C=O) groups is 1. The number of aromatic nitrogens is 1. The number of amides is 2. The molecule has 3 aromatic carbocycles. The first-order chi connectivity index (χ1) is 18.5. The van der Waals surface area contributed by atoms with Crippen molar-refractivity contribution >= 4 is 17.6 Å². The Hall–Kier alpha value is -4.17. The predicted octanol–water partition coefficient (Wildman–Crippen LogP) is 5.78. The Morgan fingerprint density at radius 3 is 2.32 bits per heavy atom. The van der Waals surface area contributed by atoms with Crippen LogP contribution < -0.4 is 10.2 Å². The molecule has 7 nitrogen and oxygen atoms in total. The first-order valence-corrected chi connectivity index (χ1v) is 12.8. The molecule has 196 valence electrons. The SMILES string of the molecule is Cc1ccc(NC(=O)N(Cc2ccccc2)Cc2c(-c3ccc(F)cc3)noc2N2CCN(C)CC2)cc1. The Morgan fingerprint density at radius 1 is 0.947 bits per heavy atom. The minimum absolute atomic E-state index is 0.228. The highest BCUT2D eigenvalue weighted by atomic mass is 19.1. The van der Waals surface area contributed by atoms with Crippen molar-refractivity contribution in [2.24, 2.45) is 0 Å². The first-order valence-electron chi connectivity index (χ1n) is 12.8. The van der Waals surface area contributed by atoms with Crippen LogP contribution in [0.4, 0.5) is 20.8 Å². The minimum Gasteiger partial charge on any atom is -0.338 e. The van der Waals surface area contributed by atoms with Gasteiger partial charge in [-0.3, -0.25) is 0 Å². The second kappa shape index (κ2) is 11.5. The molecule has 0 aliphatic carbocycles. The summed E-state index contributed by atoms with van der Waals surface area (Å²) in [7, 11) is 2.10. The van der Waals surface area contributed by atoms with E-state index < -0.39 is 0 Å². The fraction of sp³-hybridized carbons (Fsp3) is 0.267. The number of piperazine rings is 1. The maximum atomic E-state index is 13.7. The summed E-state index contributed by atoms with van der Waals surface area (Å²) in [4.78, 5) is 19.8. The molecule has 1 N–H and O–H groups in total. The Balaban J connectivity index is 1.50. The number of hydrogen-bond donors (Lipinski definition) is 1. The van der Waals surface area contributed by atoms with Gasteiger partial charge in [-0.2, -0.15) is 0 Å². The number of carbonyl (C=O) groups excluding carboxylic acids is 1. The number of urea groups is 1. The molecule has 0 unspecified atom stereocenters. The van der Waals surface area contributed by atoms with Gasteiger partial charge in [0, 0.05) is 44.0 Å². The average molecular weight is 514 g/mol. The van der Waals surface area contributed by atoms with E-state index >= 15 is 0 Å². The lowest BCUT2D eigenvalue weighted by Gasteiger charge is -2.33. The van der Waals surface area contributed by atoms with E-state index in [9.17, 15) is 9.18 Å². The number of aryl methyl sites for hydroxylation is 1. The molecule has 1 aliphatic heterocycles. The molecule has 8 heteroatoms. The van der Waals surface area contributed by atoms with Crippen molar-refractivity contribution in [1.29, 1.82) is 0 Å². The van der Waals surface area contributed by atoms with Gasteiger partial charge in [0.1, 0.15) is 11.5 Å². The monoisotopic (exact) mass is 513 g/mol. The van der Waals surface area contributed by atoms with Gasteiger partial charge in [0.25, 0.3) is 0 Å². The third kappa shape index (κ3) is 6.03. The van der Waals surface area contributed by atoms with Crippen molar-refractivity contribution in [2.45, 2.75) is 20.0 Å². The molecule has 2 heterocycles. The summed E-state index contributed by atoms with van der Waals surface area (Å²) in [5, 5.41) is 7.45. The van der Waals surface area contributed by atoms with Gasteiger partial charge in [-0.05, 0) is 55.9 Å². The van der Waals surface area contributed by atoms with E-state index in [1.807, 2.05) is 61.5 Å². The molecule has 0 atom stereocenters. The Bertz CT molecular complexity index is 1350. The average Bonchev–Trinajstić information content (AvgIpc) is 3.34. The summed E-state index contributed by atoms with van der Waals surface area (Å²) in [5.41, 5.74) is 5.00. The fourth-order valence-electron chi connectivity index (χ4n) is 4.57. The van der Waals surface area contributed by atoms with Crippen LogP contribution in [0.1, 0.15) is 16.7 Å². The molecule has 1 saturated heterocycles. The fourth-order valence-corrected chi connectivity index (χ4v) is 4.57. The maximum absolute atomic E-state index is 13.7. The molecule has 0 spiro atoms. The van der Waals surface area contributed by atoms with Crippen molar-refractivity contribution in [3.8, 4) is 11.3 Å². The zero-order chi connectivity index (χ0) is 26.5. The van der Waals surface area contributed by atoms with E-state index in [0.29, 0.717) is 18.1 Å². The Morgan fingerprint density at radius 2 is 1.63 bits per heavy atom. The summed E-state index contributed by atoms with van der Waals surface area (Å²) in [5.74, 6) is 0.333. The number of likely N-dealkylation sites (N-methyl/N-ethyl adjacent to an activating group) is 1. The van der Waals surface area contributed by atoms with Crippen LogP contribution in [0.2, 0.25) is 0 Å². The lowest BCUT2D eigenvalue weighted by molar-refractivity contribution is 0.206. The third-order valence-corrected chi connectivity index (χ3v) is 6.83. The van der Waals surface area contributed by atoms with Crippen LogP contribution in [0, 0.1) is 12.7 Å². The number of benzene rings is 3. The van der Waals surface area contributed by atoms with Crippen molar-refractivity contribution in [3.63, 3.8) is 0 Å². The largest absolute Gasteiger partial charge is 0.338 e. The van der Waals surface area contributed by atoms with E-state index in [0.717, 1.165) is 54.1 Å². The van der Waals surface area contributed by atoms with E-state index in [-0.39, 0.29) is 18.4 Å².